The number of pyridine rings is 1. The van der Waals surface area contributed by atoms with Crippen LogP contribution in [0.4, 0.5) is 0 Å². The Morgan fingerprint density at radius 1 is 1.04 bits per heavy atom. The summed E-state index contributed by atoms with van der Waals surface area (Å²) in [5.41, 5.74) is 10.0. The van der Waals surface area contributed by atoms with Crippen molar-refractivity contribution in [3.8, 4) is 11.1 Å². The molecular formula is C19H15BrN2O. The molecule has 1 amide bonds. The highest BCUT2D eigenvalue weighted by Crippen LogP contribution is 2.34. The molecule has 0 bridgehead atoms. The van der Waals surface area contributed by atoms with Gasteiger partial charge >= 0.3 is 0 Å². The number of hydrogen-bond acceptors (Lipinski definition) is 2. The van der Waals surface area contributed by atoms with Gasteiger partial charge in [-0.3, -0.25) is 9.78 Å². The third-order valence-corrected chi connectivity index (χ3v) is 4.44. The lowest BCUT2D eigenvalue weighted by Gasteiger charge is -2.15. The van der Waals surface area contributed by atoms with Crippen LogP contribution >= 0.6 is 15.9 Å². The minimum atomic E-state index is -0.439. The van der Waals surface area contributed by atoms with Gasteiger partial charge in [0.1, 0.15) is 0 Å². The molecule has 23 heavy (non-hydrogen) atoms. The van der Waals surface area contributed by atoms with Crippen LogP contribution in [0, 0.1) is 0 Å². The molecule has 3 nitrogen and oxygen atoms in total. The van der Waals surface area contributed by atoms with Gasteiger partial charge in [0, 0.05) is 33.6 Å². The number of amides is 1. The molecule has 1 heterocycles. The van der Waals surface area contributed by atoms with Crippen LogP contribution in [-0.2, 0) is 6.42 Å². The van der Waals surface area contributed by atoms with Gasteiger partial charge in [0.25, 0.3) is 0 Å². The summed E-state index contributed by atoms with van der Waals surface area (Å²) in [6, 6.07) is 17.5. The van der Waals surface area contributed by atoms with Gasteiger partial charge in [-0.25, -0.2) is 0 Å². The van der Waals surface area contributed by atoms with Crippen LogP contribution in [0.15, 0.2) is 71.5 Å². The average Bonchev–Trinajstić information content (AvgIpc) is 2.58. The fourth-order valence-electron chi connectivity index (χ4n) is 2.64. The van der Waals surface area contributed by atoms with Crippen molar-refractivity contribution >= 4 is 21.8 Å². The van der Waals surface area contributed by atoms with Crippen molar-refractivity contribution in [2.24, 2.45) is 5.73 Å². The summed E-state index contributed by atoms with van der Waals surface area (Å²) < 4.78 is 0.949. The van der Waals surface area contributed by atoms with Gasteiger partial charge in [0.15, 0.2) is 0 Å². The first kappa shape index (κ1) is 15.4. The lowest BCUT2D eigenvalue weighted by Crippen LogP contribution is -2.14. The van der Waals surface area contributed by atoms with E-state index < -0.39 is 5.91 Å². The van der Waals surface area contributed by atoms with E-state index in [4.69, 9.17) is 5.73 Å². The van der Waals surface area contributed by atoms with E-state index in [-0.39, 0.29) is 0 Å². The highest BCUT2D eigenvalue weighted by Gasteiger charge is 2.17. The van der Waals surface area contributed by atoms with Crippen LogP contribution in [-0.4, -0.2) is 10.9 Å². The number of rotatable bonds is 4. The molecule has 0 aliphatic rings. The Morgan fingerprint density at radius 3 is 2.48 bits per heavy atom. The maximum absolute atomic E-state index is 11.9. The Bertz CT molecular complexity index is 833. The molecule has 0 fully saturated rings. The Morgan fingerprint density at radius 2 is 1.83 bits per heavy atom. The summed E-state index contributed by atoms with van der Waals surface area (Å²) in [6.45, 7) is 0. The normalized spacial score (nSPS) is 10.5. The van der Waals surface area contributed by atoms with Crippen LogP contribution in [0.3, 0.4) is 0 Å². The zero-order chi connectivity index (χ0) is 16.2. The second kappa shape index (κ2) is 6.75. The van der Waals surface area contributed by atoms with E-state index in [0.29, 0.717) is 12.0 Å². The van der Waals surface area contributed by atoms with E-state index in [1.807, 2.05) is 36.4 Å². The van der Waals surface area contributed by atoms with Crippen molar-refractivity contribution in [2.75, 3.05) is 0 Å². The van der Waals surface area contributed by atoms with Crippen molar-refractivity contribution in [3.05, 3.63) is 88.2 Å². The highest BCUT2D eigenvalue weighted by molar-refractivity contribution is 9.10. The van der Waals surface area contributed by atoms with Crippen molar-refractivity contribution in [1.29, 1.82) is 0 Å². The number of halogens is 1. The quantitative estimate of drug-likeness (QED) is 0.751. The molecular weight excluding hydrogens is 352 g/mol. The molecule has 0 spiro atoms. The van der Waals surface area contributed by atoms with E-state index in [2.05, 4.69) is 33.0 Å². The molecule has 1 aromatic heterocycles. The SMILES string of the molecule is NC(=O)c1ccc(Br)c(Cc2ccccc2)c1-c1cccnc1. The molecule has 0 atom stereocenters. The number of hydrogen-bond donors (Lipinski definition) is 1. The third-order valence-electron chi connectivity index (χ3n) is 3.70. The molecule has 114 valence electrons. The zero-order valence-corrected chi connectivity index (χ0v) is 14.0. The molecule has 4 heteroatoms. The van der Waals surface area contributed by atoms with E-state index in [9.17, 15) is 4.79 Å². The van der Waals surface area contributed by atoms with E-state index in [1.165, 1.54) is 5.56 Å². The van der Waals surface area contributed by atoms with Gasteiger partial charge in [0.2, 0.25) is 5.91 Å². The Labute approximate surface area is 143 Å². The van der Waals surface area contributed by atoms with E-state index in [1.54, 1.807) is 18.5 Å². The summed E-state index contributed by atoms with van der Waals surface area (Å²) in [5.74, 6) is -0.439. The number of benzene rings is 2. The molecule has 0 saturated heterocycles. The number of carbonyl (C=O) groups is 1. The fraction of sp³-hybridized carbons (Fsp3) is 0.0526. The van der Waals surface area contributed by atoms with Gasteiger partial charge in [0.05, 0.1) is 0 Å². The average molecular weight is 367 g/mol. The van der Waals surface area contributed by atoms with Crippen molar-refractivity contribution in [1.82, 2.24) is 4.98 Å². The predicted octanol–water partition coefficient (Wildman–Crippen LogP) is 4.20. The Balaban J connectivity index is 2.21. The third kappa shape index (κ3) is 3.32. The highest BCUT2D eigenvalue weighted by atomic mass is 79.9. The summed E-state index contributed by atoms with van der Waals surface area (Å²) >= 11 is 3.61. The number of aromatic nitrogens is 1. The molecule has 0 unspecified atom stereocenters. The monoisotopic (exact) mass is 366 g/mol. The van der Waals surface area contributed by atoms with Crippen LogP contribution in [0.1, 0.15) is 21.5 Å². The smallest absolute Gasteiger partial charge is 0.249 e. The van der Waals surface area contributed by atoms with Gasteiger partial charge < -0.3 is 5.73 Å². The van der Waals surface area contributed by atoms with Crippen molar-refractivity contribution < 1.29 is 4.79 Å². The molecule has 0 aliphatic carbocycles. The number of nitrogens with zero attached hydrogens (tertiary/aromatic N) is 1. The molecule has 0 saturated carbocycles. The first-order chi connectivity index (χ1) is 11.2. The first-order valence-corrected chi connectivity index (χ1v) is 8.01. The number of nitrogens with two attached hydrogens (primary N) is 1. The largest absolute Gasteiger partial charge is 0.366 e. The summed E-state index contributed by atoms with van der Waals surface area (Å²) in [5, 5.41) is 0. The molecule has 2 N–H and O–H groups in total. The van der Waals surface area contributed by atoms with Crippen molar-refractivity contribution in [3.63, 3.8) is 0 Å². The molecule has 2 aromatic carbocycles. The van der Waals surface area contributed by atoms with Crippen molar-refractivity contribution in [2.45, 2.75) is 6.42 Å². The van der Waals surface area contributed by atoms with Gasteiger partial charge in [-0.1, -0.05) is 52.3 Å². The van der Waals surface area contributed by atoms with E-state index >= 15 is 0 Å². The van der Waals surface area contributed by atoms with Crippen LogP contribution < -0.4 is 5.73 Å². The van der Waals surface area contributed by atoms with Crippen LogP contribution in [0.2, 0.25) is 0 Å². The fourth-order valence-corrected chi connectivity index (χ4v) is 3.11. The summed E-state index contributed by atoms with van der Waals surface area (Å²) in [6.07, 6.45) is 4.16. The Hall–Kier alpha value is -2.46. The molecule has 0 radical (unpaired) electrons. The predicted molar refractivity (Wildman–Crippen MR) is 95.1 cm³/mol. The van der Waals surface area contributed by atoms with Gasteiger partial charge in [-0.15, -0.1) is 0 Å². The van der Waals surface area contributed by atoms with E-state index in [0.717, 1.165) is 21.2 Å². The van der Waals surface area contributed by atoms with Gasteiger partial charge in [-0.2, -0.15) is 0 Å². The summed E-state index contributed by atoms with van der Waals surface area (Å²) in [4.78, 5) is 16.1. The first-order valence-electron chi connectivity index (χ1n) is 7.22. The minimum absolute atomic E-state index is 0.439. The second-order valence-corrected chi connectivity index (χ2v) is 6.07. The standard InChI is InChI=1S/C19H15BrN2O/c20-17-9-8-15(19(21)23)18(14-7-4-10-22-12-14)16(17)11-13-5-2-1-3-6-13/h1-10,12H,11H2,(H2,21,23). The maximum Gasteiger partial charge on any atom is 0.249 e. The lowest BCUT2D eigenvalue weighted by molar-refractivity contribution is 0.100. The topological polar surface area (TPSA) is 56.0 Å². The van der Waals surface area contributed by atoms with Crippen LogP contribution in [0.25, 0.3) is 11.1 Å². The molecule has 0 aliphatic heterocycles. The number of primary amides is 1. The van der Waals surface area contributed by atoms with Crippen LogP contribution in [0.5, 0.6) is 0 Å². The van der Waals surface area contributed by atoms with Gasteiger partial charge in [-0.05, 0) is 35.7 Å². The number of carbonyl (C=O) groups excluding carboxylic acids is 1. The molecule has 3 rings (SSSR count). The zero-order valence-electron chi connectivity index (χ0n) is 12.4. The molecule has 3 aromatic rings. The summed E-state index contributed by atoms with van der Waals surface area (Å²) in [7, 11) is 0. The second-order valence-electron chi connectivity index (χ2n) is 5.22. The minimum Gasteiger partial charge on any atom is -0.366 e. The lowest BCUT2D eigenvalue weighted by atomic mass is 9.91. The Kier molecular flexibility index (Phi) is 4.53. The maximum atomic E-state index is 11.9.